The summed E-state index contributed by atoms with van der Waals surface area (Å²) < 4.78 is 0. The fourth-order valence-corrected chi connectivity index (χ4v) is 3.43. The molecule has 4 heteroatoms. The minimum absolute atomic E-state index is 0.0239. The lowest BCUT2D eigenvalue weighted by Crippen LogP contribution is -2.16. The second-order valence-corrected chi connectivity index (χ2v) is 8.18. The summed E-state index contributed by atoms with van der Waals surface area (Å²) in [7, 11) is 0. The first-order valence-electron chi connectivity index (χ1n) is 11.8. The first-order chi connectivity index (χ1) is 14.1. The summed E-state index contributed by atoms with van der Waals surface area (Å²) in [5.74, 6) is 0.0493. The number of amides is 2. The van der Waals surface area contributed by atoms with Gasteiger partial charge in [0.25, 0.3) is 0 Å². The van der Waals surface area contributed by atoms with E-state index in [9.17, 15) is 9.59 Å². The van der Waals surface area contributed by atoms with Gasteiger partial charge in [-0.15, -0.1) is 0 Å². The SMILES string of the molecule is CCCCCCCCC(=O)Nc1ccc(C)cc1NC(=O)CCCCCCCC. The third-order valence-electron chi connectivity index (χ3n) is 5.24. The third kappa shape index (κ3) is 12.4. The number of nitrogens with one attached hydrogen (secondary N) is 2. The third-order valence-corrected chi connectivity index (χ3v) is 5.24. The van der Waals surface area contributed by atoms with E-state index < -0.39 is 0 Å². The second-order valence-electron chi connectivity index (χ2n) is 8.18. The van der Waals surface area contributed by atoms with Gasteiger partial charge in [-0.1, -0.05) is 84.1 Å². The van der Waals surface area contributed by atoms with Gasteiger partial charge in [-0.25, -0.2) is 0 Å². The lowest BCUT2D eigenvalue weighted by atomic mass is 10.1. The molecule has 2 amide bonds. The molecule has 0 spiro atoms. The fourth-order valence-electron chi connectivity index (χ4n) is 3.43. The first kappa shape index (κ1) is 25.2. The van der Waals surface area contributed by atoms with E-state index in [-0.39, 0.29) is 11.8 Å². The minimum atomic E-state index is 0.0239. The Morgan fingerprint density at radius 1 is 0.655 bits per heavy atom. The summed E-state index contributed by atoms with van der Waals surface area (Å²) in [5.41, 5.74) is 2.47. The Kier molecular flexibility index (Phi) is 13.9. The van der Waals surface area contributed by atoms with Crippen LogP contribution in [0.15, 0.2) is 18.2 Å². The summed E-state index contributed by atoms with van der Waals surface area (Å²) in [6, 6.07) is 5.78. The van der Waals surface area contributed by atoms with Gasteiger partial charge < -0.3 is 10.6 Å². The highest BCUT2D eigenvalue weighted by molar-refractivity contribution is 5.99. The largest absolute Gasteiger partial charge is 0.324 e. The molecule has 0 atom stereocenters. The van der Waals surface area contributed by atoms with Crippen LogP contribution in [0.1, 0.15) is 109 Å². The van der Waals surface area contributed by atoms with Gasteiger partial charge in [-0.3, -0.25) is 9.59 Å². The van der Waals surface area contributed by atoms with Crippen LogP contribution < -0.4 is 10.6 Å². The molecular weight excluding hydrogens is 360 g/mol. The Bertz CT molecular complexity index is 598. The lowest BCUT2D eigenvalue weighted by molar-refractivity contribution is -0.117. The normalized spacial score (nSPS) is 10.7. The van der Waals surface area contributed by atoms with Gasteiger partial charge in [0.15, 0.2) is 0 Å². The average Bonchev–Trinajstić information content (AvgIpc) is 2.69. The number of hydrogen-bond acceptors (Lipinski definition) is 2. The molecule has 0 saturated carbocycles. The van der Waals surface area contributed by atoms with Crippen molar-refractivity contribution in [3.63, 3.8) is 0 Å². The van der Waals surface area contributed by atoms with Gasteiger partial charge in [0.2, 0.25) is 11.8 Å². The minimum Gasteiger partial charge on any atom is -0.324 e. The molecule has 0 fully saturated rings. The van der Waals surface area contributed by atoms with Crippen LogP contribution >= 0.6 is 0 Å². The van der Waals surface area contributed by atoms with Crippen LogP contribution in [0.4, 0.5) is 11.4 Å². The molecule has 0 heterocycles. The molecule has 1 aromatic rings. The highest BCUT2D eigenvalue weighted by atomic mass is 16.2. The Morgan fingerprint density at radius 2 is 1.10 bits per heavy atom. The second kappa shape index (κ2) is 16.0. The van der Waals surface area contributed by atoms with E-state index >= 15 is 0 Å². The Balaban J connectivity index is 2.42. The molecule has 0 saturated heterocycles. The molecule has 0 radical (unpaired) electrons. The highest BCUT2D eigenvalue weighted by Crippen LogP contribution is 2.24. The van der Waals surface area contributed by atoms with E-state index in [2.05, 4.69) is 24.5 Å². The number of carbonyl (C=O) groups is 2. The zero-order valence-corrected chi connectivity index (χ0v) is 18.9. The predicted molar refractivity (Wildman–Crippen MR) is 124 cm³/mol. The van der Waals surface area contributed by atoms with Gasteiger partial charge in [0.1, 0.15) is 0 Å². The van der Waals surface area contributed by atoms with E-state index in [0.717, 1.165) is 31.2 Å². The molecule has 0 bridgehead atoms. The van der Waals surface area contributed by atoms with Crippen molar-refractivity contribution in [1.29, 1.82) is 0 Å². The van der Waals surface area contributed by atoms with Crippen LogP contribution in [0.25, 0.3) is 0 Å². The van der Waals surface area contributed by atoms with Crippen molar-refractivity contribution in [2.45, 2.75) is 111 Å². The molecule has 2 N–H and O–H groups in total. The van der Waals surface area contributed by atoms with Gasteiger partial charge in [-0.05, 0) is 37.5 Å². The zero-order chi connectivity index (χ0) is 21.3. The number of rotatable bonds is 16. The number of carbonyl (C=O) groups excluding carboxylic acids is 2. The Morgan fingerprint density at radius 3 is 1.62 bits per heavy atom. The predicted octanol–water partition coefficient (Wildman–Crippen LogP) is 7.37. The lowest BCUT2D eigenvalue weighted by Gasteiger charge is -2.13. The summed E-state index contributed by atoms with van der Waals surface area (Å²) in [4.78, 5) is 24.6. The molecule has 0 aliphatic carbocycles. The van der Waals surface area contributed by atoms with Crippen LogP contribution in [0.2, 0.25) is 0 Å². The van der Waals surface area contributed by atoms with Crippen molar-refractivity contribution in [2.24, 2.45) is 0 Å². The first-order valence-corrected chi connectivity index (χ1v) is 11.8. The summed E-state index contributed by atoms with van der Waals surface area (Å²) >= 11 is 0. The molecule has 1 rings (SSSR count). The van der Waals surface area contributed by atoms with Crippen LogP contribution in [-0.2, 0) is 9.59 Å². The fraction of sp³-hybridized carbons (Fsp3) is 0.680. The maximum atomic E-state index is 12.3. The number of aryl methyl sites for hydroxylation is 1. The van der Waals surface area contributed by atoms with E-state index in [4.69, 9.17) is 0 Å². The number of benzene rings is 1. The smallest absolute Gasteiger partial charge is 0.224 e. The standard InChI is InChI=1S/C25H42N2O2/c1-4-6-8-10-12-14-16-24(28)26-22-19-18-21(3)20-23(22)27-25(29)17-15-13-11-9-7-5-2/h18-20H,4-17H2,1-3H3,(H,26,28)(H,27,29). The molecule has 164 valence electrons. The maximum absolute atomic E-state index is 12.3. The number of anilines is 2. The highest BCUT2D eigenvalue weighted by Gasteiger charge is 2.10. The van der Waals surface area contributed by atoms with Crippen molar-refractivity contribution in [1.82, 2.24) is 0 Å². The molecule has 1 aromatic carbocycles. The van der Waals surface area contributed by atoms with Crippen molar-refractivity contribution in [3.05, 3.63) is 23.8 Å². The molecule has 0 aliphatic heterocycles. The summed E-state index contributed by atoms with van der Waals surface area (Å²) in [5, 5.41) is 5.98. The van der Waals surface area contributed by atoms with Crippen molar-refractivity contribution in [2.75, 3.05) is 10.6 Å². The van der Waals surface area contributed by atoms with Crippen molar-refractivity contribution in [3.8, 4) is 0 Å². The van der Waals surface area contributed by atoms with E-state index in [1.54, 1.807) is 0 Å². The van der Waals surface area contributed by atoms with E-state index in [1.165, 1.54) is 51.4 Å². The monoisotopic (exact) mass is 402 g/mol. The maximum Gasteiger partial charge on any atom is 0.224 e. The molecule has 4 nitrogen and oxygen atoms in total. The molecular formula is C25H42N2O2. The van der Waals surface area contributed by atoms with Gasteiger partial charge in [0, 0.05) is 12.8 Å². The quantitative estimate of drug-likeness (QED) is 0.283. The summed E-state index contributed by atoms with van der Waals surface area (Å²) in [6.45, 7) is 6.41. The average molecular weight is 403 g/mol. The Labute approximate surface area is 178 Å². The number of hydrogen-bond donors (Lipinski definition) is 2. The van der Waals surface area contributed by atoms with Crippen molar-refractivity contribution >= 4 is 23.2 Å². The zero-order valence-electron chi connectivity index (χ0n) is 18.9. The molecule has 0 aliphatic rings. The van der Waals surface area contributed by atoms with E-state index in [0.29, 0.717) is 24.2 Å². The Hall–Kier alpha value is -1.84. The van der Waals surface area contributed by atoms with E-state index in [1.807, 2.05) is 25.1 Å². The van der Waals surface area contributed by atoms with Crippen LogP contribution in [-0.4, -0.2) is 11.8 Å². The van der Waals surface area contributed by atoms with Gasteiger partial charge in [-0.2, -0.15) is 0 Å². The van der Waals surface area contributed by atoms with Gasteiger partial charge >= 0.3 is 0 Å². The topological polar surface area (TPSA) is 58.2 Å². The molecule has 0 aromatic heterocycles. The van der Waals surface area contributed by atoms with Gasteiger partial charge in [0.05, 0.1) is 11.4 Å². The molecule has 29 heavy (non-hydrogen) atoms. The van der Waals surface area contributed by atoms with Crippen LogP contribution in [0, 0.1) is 6.92 Å². The van der Waals surface area contributed by atoms with Crippen LogP contribution in [0.3, 0.4) is 0 Å². The molecule has 0 unspecified atom stereocenters. The number of unbranched alkanes of at least 4 members (excludes halogenated alkanes) is 10. The summed E-state index contributed by atoms with van der Waals surface area (Å²) in [6.07, 6.45) is 15.0. The van der Waals surface area contributed by atoms with Crippen LogP contribution in [0.5, 0.6) is 0 Å². The van der Waals surface area contributed by atoms with Crippen molar-refractivity contribution < 1.29 is 9.59 Å².